The van der Waals surface area contributed by atoms with E-state index in [0.29, 0.717) is 12.8 Å². The lowest BCUT2D eigenvalue weighted by atomic mass is 10.1. The van der Waals surface area contributed by atoms with Crippen LogP contribution in [0, 0.1) is 0 Å². The first-order chi connectivity index (χ1) is 7.18. The highest BCUT2D eigenvalue weighted by Gasteiger charge is 2.33. The number of carbonyl (C=O) groups is 2. The second-order valence-corrected chi connectivity index (χ2v) is 4.24. The van der Waals surface area contributed by atoms with Crippen LogP contribution >= 0.6 is 12.4 Å². The molecule has 16 heavy (non-hydrogen) atoms. The molecule has 2 saturated heterocycles. The van der Waals surface area contributed by atoms with Gasteiger partial charge in [0.05, 0.1) is 0 Å². The average Bonchev–Trinajstić information content (AvgIpc) is 2.65. The molecule has 0 bridgehead atoms. The first kappa shape index (κ1) is 13.3. The molecule has 6 heteroatoms. The Morgan fingerprint density at radius 3 is 2.81 bits per heavy atom. The van der Waals surface area contributed by atoms with Gasteiger partial charge in [-0.1, -0.05) is 0 Å². The summed E-state index contributed by atoms with van der Waals surface area (Å²) in [4.78, 5) is 24.9. The van der Waals surface area contributed by atoms with Crippen LogP contribution in [0.25, 0.3) is 0 Å². The molecule has 5 nitrogen and oxygen atoms in total. The maximum absolute atomic E-state index is 12.0. The molecule has 2 amide bonds. The van der Waals surface area contributed by atoms with E-state index < -0.39 is 0 Å². The Hall–Kier alpha value is -0.810. The predicted octanol–water partition coefficient (Wildman–Crippen LogP) is -0.493. The predicted molar refractivity (Wildman–Crippen MR) is 62.5 cm³/mol. The topological polar surface area (TPSA) is 61.4 Å². The maximum Gasteiger partial charge on any atom is 0.245 e. The van der Waals surface area contributed by atoms with Gasteiger partial charge >= 0.3 is 0 Å². The molecule has 0 aliphatic carbocycles. The van der Waals surface area contributed by atoms with Crippen LogP contribution in [0.1, 0.15) is 19.8 Å². The van der Waals surface area contributed by atoms with Crippen LogP contribution in [0.5, 0.6) is 0 Å². The number of hydrogen-bond acceptors (Lipinski definition) is 3. The van der Waals surface area contributed by atoms with Crippen LogP contribution in [-0.2, 0) is 9.59 Å². The zero-order valence-corrected chi connectivity index (χ0v) is 10.2. The zero-order valence-electron chi connectivity index (χ0n) is 9.36. The molecular weight excluding hydrogens is 230 g/mol. The number of nitrogens with zero attached hydrogens (tertiary/aromatic N) is 1. The van der Waals surface area contributed by atoms with E-state index in [1.165, 1.54) is 0 Å². The van der Waals surface area contributed by atoms with Crippen LogP contribution in [0.4, 0.5) is 0 Å². The van der Waals surface area contributed by atoms with Gasteiger partial charge in [-0.25, -0.2) is 0 Å². The average molecular weight is 248 g/mol. The maximum atomic E-state index is 12.0. The highest BCUT2D eigenvalue weighted by Crippen LogP contribution is 2.12. The number of halogens is 1. The summed E-state index contributed by atoms with van der Waals surface area (Å²) in [7, 11) is 0. The van der Waals surface area contributed by atoms with Crippen LogP contribution in [-0.4, -0.2) is 48.4 Å². The Morgan fingerprint density at radius 2 is 2.25 bits per heavy atom. The van der Waals surface area contributed by atoms with Gasteiger partial charge in [0.15, 0.2) is 0 Å². The second kappa shape index (κ2) is 5.50. The summed E-state index contributed by atoms with van der Waals surface area (Å²) in [6.45, 7) is 4.45. The molecule has 2 heterocycles. The van der Waals surface area contributed by atoms with Gasteiger partial charge in [0.25, 0.3) is 0 Å². The monoisotopic (exact) mass is 247 g/mol. The summed E-state index contributed by atoms with van der Waals surface area (Å²) < 4.78 is 0. The van der Waals surface area contributed by atoms with Gasteiger partial charge in [0.1, 0.15) is 6.04 Å². The molecule has 0 saturated carbocycles. The van der Waals surface area contributed by atoms with Gasteiger partial charge < -0.3 is 15.5 Å². The van der Waals surface area contributed by atoms with Crippen LogP contribution < -0.4 is 10.6 Å². The Kier molecular flexibility index (Phi) is 4.56. The minimum absolute atomic E-state index is 0. The lowest BCUT2D eigenvalue weighted by Crippen LogP contribution is -2.56. The summed E-state index contributed by atoms with van der Waals surface area (Å²) in [6.07, 6.45) is 1.13. The Morgan fingerprint density at radius 1 is 1.50 bits per heavy atom. The molecule has 2 atom stereocenters. The molecule has 2 N–H and O–H groups in total. The van der Waals surface area contributed by atoms with E-state index in [1.54, 1.807) is 0 Å². The fraction of sp³-hybridized carbons (Fsp3) is 0.800. The fourth-order valence-electron chi connectivity index (χ4n) is 2.17. The Bertz CT molecular complexity index is 285. The summed E-state index contributed by atoms with van der Waals surface area (Å²) in [5.41, 5.74) is 0. The first-order valence-electron chi connectivity index (χ1n) is 5.49. The van der Waals surface area contributed by atoms with Crippen molar-refractivity contribution in [2.45, 2.75) is 31.8 Å². The highest BCUT2D eigenvalue weighted by atomic mass is 35.5. The molecule has 0 aromatic rings. The minimum atomic E-state index is -0.280. The molecule has 1 unspecified atom stereocenters. The van der Waals surface area contributed by atoms with Gasteiger partial charge in [-0.3, -0.25) is 9.59 Å². The molecule has 0 aromatic carbocycles. The zero-order chi connectivity index (χ0) is 10.8. The summed E-state index contributed by atoms with van der Waals surface area (Å²) >= 11 is 0. The van der Waals surface area contributed by atoms with Crippen LogP contribution in [0.15, 0.2) is 0 Å². The van der Waals surface area contributed by atoms with Crippen molar-refractivity contribution in [2.75, 3.05) is 19.6 Å². The van der Waals surface area contributed by atoms with E-state index in [4.69, 9.17) is 0 Å². The number of nitrogens with one attached hydrogen (secondary N) is 2. The SMILES string of the molecule is CC1CNCCN1C(=O)[C@@H]1CCC(=O)N1.Cl. The van der Waals surface area contributed by atoms with Crippen molar-refractivity contribution in [1.82, 2.24) is 15.5 Å². The van der Waals surface area contributed by atoms with E-state index in [9.17, 15) is 9.59 Å². The van der Waals surface area contributed by atoms with Gasteiger partial charge in [-0.05, 0) is 13.3 Å². The molecule has 0 radical (unpaired) electrons. The Balaban J connectivity index is 0.00000128. The number of hydrogen-bond donors (Lipinski definition) is 2. The van der Waals surface area contributed by atoms with Gasteiger partial charge in [-0.2, -0.15) is 0 Å². The summed E-state index contributed by atoms with van der Waals surface area (Å²) in [6, 6.07) is -0.0539. The van der Waals surface area contributed by atoms with Gasteiger partial charge in [0.2, 0.25) is 11.8 Å². The minimum Gasteiger partial charge on any atom is -0.344 e. The third-order valence-corrected chi connectivity index (χ3v) is 3.08. The van der Waals surface area contributed by atoms with Crippen molar-refractivity contribution in [1.29, 1.82) is 0 Å². The van der Waals surface area contributed by atoms with Crippen molar-refractivity contribution < 1.29 is 9.59 Å². The quantitative estimate of drug-likeness (QED) is 0.657. The molecule has 2 aliphatic rings. The normalized spacial score (nSPS) is 29.6. The van der Waals surface area contributed by atoms with Gasteiger partial charge in [0, 0.05) is 32.1 Å². The molecule has 2 aliphatic heterocycles. The van der Waals surface area contributed by atoms with E-state index >= 15 is 0 Å². The van der Waals surface area contributed by atoms with Crippen molar-refractivity contribution in [3.05, 3.63) is 0 Å². The van der Waals surface area contributed by atoms with E-state index in [-0.39, 0.29) is 36.3 Å². The van der Waals surface area contributed by atoms with Crippen LogP contribution in [0.2, 0.25) is 0 Å². The summed E-state index contributed by atoms with van der Waals surface area (Å²) in [5, 5.41) is 5.96. The van der Waals surface area contributed by atoms with Crippen molar-refractivity contribution >= 4 is 24.2 Å². The van der Waals surface area contributed by atoms with Crippen molar-refractivity contribution in [3.63, 3.8) is 0 Å². The second-order valence-electron chi connectivity index (χ2n) is 4.24. The molecular formula is C10H18ClN3O2. The number of amides is 2. The largest absolute Gasteiger partial charge is 0.344 e. The van der Waals surface area contributed by atoms with E-state index in [0.717, 1.165) is 19.6 Å². The Labute approximate surface area is 101 Å². The van der Waals surface area contributed by atoms with E-state index in [2.05, 4.69) is 10.6 Å². The molecule has 0 aromatic heterocycles. The standard InChI is InChI=1S/C10H17N3O2.ClH/c1-7-6-11-4-5-13(7)10(15)8-2-3-9(14)12-8;/h7-8,11H,2-6H2,1H3,(H,12,14);1H/t7?,8-;/m0./s1. The fourth-order valence-corrected chi connectivity index (χ4v) is 2.17. The van der Waals surface area contributed by atoms with E-state index in [1.807, 2.05) is 11.8 Å². The number of piperazine rings is 1. The third kappa shape index (κ3) is 2.65. The third-order valence-electron chi connectivity index (χ3n) is 3.08. The first-order valence-corrected chi connectivity index (χ1v) is 5.49. The molecule has 2 fully saturated rings. The lowest BCUT2D eigenvalue weighted by Gasteiger charge is -2.35. The lowest BCUT2D eigenvalue weighted by molar-refractivity contribution is -0.137. The van der Waals surface area contributed by atoms with Gasteiger partial charge in [-0.15, -0.1) is 12.4 Å². The molecule has 0 spiro atoms. The van der Waals surface area contributed by atoms with Crippen molar-refractivity contribution in [2.24, 2.45) is 0 Å². The summed E-state index contributed by atoms with van der Waals surface area (Å²) in [5.74, 6) is 0.0750. The highest BCUT2D eigenvalue weighted by molar-refractivity contribution is 5.91. The van der Waals surface area contributed by atoms with Crippen LogP contribution in [0.3, 0.4) is 0 Å². The van der Waals surface area contributed by atoms with Crippen molar-refractivity contribution in [3.8, 4) is 0 Å². The smallest absolute Gasteiger partial charge is 0.245 e. The molecule has 92 valence electrons. The molecule has 2 rings (SSSR count). The number of carbonyl (C=O) groups excluding carboxylic acids is 2. The number of rotatable bonds is 1.